The first-order valence-electron chi connectivity index (χ1n) is 19.5. The average Bonchev–Trinajstić information content (AvgIpc) is 3.34. The van der Waals surface area contributed by atoms with Crippen molar-refractivity contribution in [3.63, 3.8) is 0 Å². The van der Waals surface area contributed by atoms with Gasteiger partial charge in [0.2, 0.25) is 5.91 Å². The highest BCUT2D eigenvalue weighted by atomic mass is 35.5. The Kier molecular flexibility index (Phi) is 16.5. The second kappa shape index (κ2) is 20.8. The van der Waals surface area contributed by atoms with Crippen LogP contribution in [0, 0.1) is 5.82 Å². The van der Waals surface area contributed by atoms with Crippen LogP contribution in [0.25, 0.3) is 22.3 Å². The molecular formula is C41H61ClFN5O2. The summed E-state index contributed by atoms with van der Waals surface area (Å²) in [6.07, 6.45) is 17.3. The van der Waals surface area contributed by atoms with E-state index in [1.165, 1.54) is 69.9 Å². The van der Waals surface area contributed by atoms with E-state index in [2.05, 4.69) is 29.0 Å². The minimum Gasteiger partial charge on any atom is -0.370 e. The van der Waals surface area contributed by atoms with Crippen molar-refractivity contribution in [2.45, 2.75) is 136 Å². The van der Waals surface area contributed by atoms with E-state index in [-0.39, 0.29) is 22.5 Å². The number of rotatable bonds is 20. The van der Waals surface area contributed by atoms with Crippen LogP contribution >= 0.6 is 11.6 Å². The number of carbonyl (C=O) groups excluding carboxylic acids is 1. The summed E-state index contributed by atoms with van der Waals surface area (Å²) >= 11 is 6.25. The first-order valence-corrected chi connectivity index (χ1v) is 19.9. The summed E-state index contributed by atoms with van der Waals surface area (Å²) in [7, 11) is 0. The van der Waals surface area contributed by atoms with Crippen molar-refractivity contribution < 1.29 is 9.18 Å². The van der Waals surface area contributed by atoms with Crippen LogP contribution in [-0.4, -0.2) is 59.1 Å². The molecule has 1 N–H and O–H groups in total. The van der Waals surface area contributed by atoms with Crippen LogP contribution < -0.4 is 15.8 Å². The van der Waals surface area contributed by atoms with E-state index in [0.29, 0.717) is 28.7 Å². The average molecular weight is 710 g/mol. The van der Waals surface area contributed by atoms with Gasteiger partial charge in [0.05, 0.1) is 15.9 Å². The molecule has 4 rings (SSSR count). The lowest BCUT2D eigenvalue weighted by molar-refractivity contribution is -0.125. The van der Waals surface area contributed by atoms with Gasteiger partial charge in [0, 0.05) is 36.9 Å². The number of benzene rings is 2. The van der Waals surface area contributed by atoms with Gasteiger partial charge in [-0.1, -0.05) is 102 Å². The van der Waals surface area contributed by atoms with Gasteiger partial charge in [-0.25, -0.2) is 9.37 Å². The van der Waals surface area contributed by atoms with Gasteiger partial charge in [-0.15, -0.1) is 0 Å². The molecule has 0 bridgehead atoms. The van der Waals surface area contributed by atoms with Crippen molar-refractivity contribution in [3.05, 3.63) is 57.6 Å². The molecule has 1 aromatic heterocycles. The van der Waals surface area contributed by atoms with Crippen molar-refractivity contribution in [2.24, 2.45) is 0 Å². The number of aromatic nitrogens is 2. The second-order valence-electron chi connectivity index (χ2n) is 14.5. The fourth-order valence-corrected chi connectivity index (χ4v) is 7.40. The normalized spacial score (nSPS) is 14.7. The summed E-state index contributed by atoms with van der Waals surface area (Å²) in [5, 5.41) is 3.49. The maximum Gasteiger partial charge on any atom is 0.262 e. The Hall–Kier alpha value is -2.97. The Bertz CT molecular complexity index is 1560. The molecule has 3 aromatic rings. The van der Waals surface area contributed by atoms with Gasteiger partial charge in [0.15, 0.2) is 0 Å². The fourth-order valence-electron chi connectivity index (χ4n) is 7.22. The van der Waals surface area contributed by atoms with E-state index < -0.39 is 11.9 Å². The first-order chi connectivity index (χ1) is 24.2. The summed E-state index contributed by atoms with van der Waals surface area (Å²) in [5.41, 5.74) is 1.77. The topological polar surface area (TPSA) is 70.5 Å². The molecule has 1 unspecified atom stereocenters. The molecular weight excluding hydrogens is 649 g/mol. The fraction of sp³-hybridized carbons (Fsp3) is 0.634. The van der Waals surface area contributed by atoms with Gasteiger partial charge in [-0.3, -0.25) is 14.2 Å². The summed E-state index contributed by atoms with van der Waals surface area (Å²) < 4.78 is 15.9. The Morgan fingerprint density at radius 3 is 2.18 bits per heavy atom. The van der Waals surface area contributed by atoms with Crippen LogP contribution in [0.3, 0.4) is 0 Å². The smallest absolute Gasteiger partial charge is 0.262 e. The molecule has 0 spiro atoms. The summed E-state index contributed by atoms with van der Waals surface area (Å²) in [4.78, 5) is 38.4. The number of unbranched alkanes of at least 4 members (excludes halogenated alkanes) is 11. The van der Waals surface area contributed by atoms with Crippen molar-refractivity contribution in [1.82, 2.24) is 19.8 Å². The summed E-state index contributed by atoms with van der Waals surface area (Å²) in [5.74, 6) is -0.430. The molecule has 0 aliphatic carbocycles. The van der Waals surface area contributed by atoms with Gasteiger partial charge in [0.1, 0.15) is 17.7 Å². The van der Waals surface area contributed by atoms with Crippen LogP contribution in [0.1, 0.15) is 130 Å². The van der Waals surface area contributed by atoms with Crippen molar-refractivity contribution in [2.75, 3.05) is 37.6 Å². The Balaban J connectivity index is 1.61. The van der Waals surface area contributed by atoms with E-state index >= 15 is 0 Å². The molecule has 1 saturated heterocycles. The lowest BCUT2D eigenvalue weighted by Crippen LogP contribution is -2.41. The molecule has 50 heavy (non-hydrogen) atoms. The predicted octanol–water partition coefficient (Wildman–Crippen LogP) is 9.93. The molecule has 1 fully saturated rings. The van der Waals surface area contributed by atoms with E-state index in [0.717, 1.165) is 70.5 Å². The number of hydrogen-bond acceptors (Lipinski definition) is 5. The SMILES string of the molecule is CCCCCCCCCCCCCCC(C(=O)NC(C)C)n1c(-c2ccc(F)c(Cl)c2)nc2ccc(N3CCCN(CCC)CC3)cc2c1=O. The number of amides is 1. The van der Waals surface area contributed by atoms with Gasteiger partial charge in [-0.2, -0.15) is 0 Å². The third kappa shape index (κ3) is 11.5. The zero-order chi connectivity index (χ0) is 35.9. The molecule has 0 radical (unpaired) electrons. The molecule has 1 atom stereocenters. The second-order valence-corrected chi connectivity index (χ2v) is 14.9. The third-order valence-corrected chi connectivity index (χ3v) is 10.2. The monoisotopic (exact) mass is 709 g/mol. The molecule has 2 heterocycles. The van der Waals surface area contributed by atoms with Crippen LogP contribution in [0.2, 0.25) is 5.02 Å². The number of halogens is 2. The maximum absolute atomic E-state index is 14.7. The van der Waals surface area contributed by atoms with E-state index in [1.54, 1.807) is 10.6 Å². The number of nitrogens with one attached hydrogen (secondary N) is 1. The van der Waals surface area contributed by atoms with Gasteiger partial charge >= 0.3 is 0 Å². The van der Waals surface area contributed by atoms with Crippen molar-refractivity contribution in [3.8, 4) is 11.4 Å². The minimum absolute atomic E-state index is 0.0545. The molecule has 2 aromatic carbocycles. The molecule has 276 valence electrons. The lowest BCUT2D eigenvalue weighted by Gasteiger charge is -2.26. The molecule has 1 aliphatic heterocycles. The maximum atomic E-state index is 14.7. The third-order valence-electron chi connectivity index (χ3n) is 9.93. The van der Waals surface area contributed by atoms with Crippen LogP contribution in [0.4, 0.5) is 10.1 Å². The highest BCUT2D eigenvalue weighted by molar-refractivity contribution is 6.31. The summed E-state index contributed by atoms with van der Waals surface area (Å²) in [6, 6.07) is 9.38. The zero-order valence-electron chi connectivity index (χ0n) is 31.1. The Morgan fingerprint density at radius 1 is 0.860 bits per heavy atom. The van der Waals surface area contributed by atoms with Gasteiger partial charge in [0.25, 0.3) is 5.56 Å². The molecule has 9 heteroatoms. The summed E-state index contributed by atoms with van der Waals surface area (Å²) in [6.45, 7) is 13.3. The Labute approximate surface area is 305 Å². The van der Waals surface area contributed by atoms with E-state index in [1.807, 2.05) is 32.0 Å². The largest absolute Gasteiger partial charge is 0.370 e. The number of hydrogen-bond donors (Lipinski definition) is 1. The molecule has 0 saturated carbocycles. The number of fused-ring (bicyclic) bond motifs is 1. The van der Waals surface area contributed by atoms with Crippen LogP contribution in [0.15, 0.2) is 41.2 Å². The van der Waals surface area contributed by atoms with Crippen LogP contribution in [0.5, 0.6) is 0 Å². The Morgan fingerprint density at radius 2 is 1.54 bits per heavy atom. The van der Waals surface area contributed by atoms with Crippen LogP contribution in [-0.2, 0) is 4.79 Å². The standard InChI is InChI=1S/C41H61ClFN5O2/c1-5-7-8-9-10-11-12-13-14-15-16-17-19-38(40(49)44-31(3)4)48-39(32-20-22-36(43)35(42)29-32)45-37-23-21-33(30-34(37)41(48)50)47-26-18-25-46(24-6-2)27-28-47/h20-23,29-31,38H,5-19,24-28H2,1-4H3,(H,44,49). The highest BCUT2D eigenvalue weighted by Crippen LogP contribution is 2.30. The van der Waals surface area contributed by atoms with E-state index in [4.69, 9.17) is 16.6 Å². The minimum atomic E-state index is -0.770. The van der Waals surface area contributed by atoms with Gasteiger partial charge < -0.3 is 15.1 Å². The van der Waals surface area contributed by atoms with Crippen molar-refractivity contribution >= 4 is 34.1 Å². The first kappa shape index (κ1) is 39.8. The highest BCUT2D eigenvalue weighted by Gasteiger charge is 2.27. The number of carbonyl (C=O) groups is 1. The predicted molar refractivity (Wildman–Crippen MR) is 208 cm³/mol. The molecule has 1 aliphatic rings. The quantitative estimate of drug-likeness (QED) is 0.118. The zero-order valence-corrected chi connectivity index (χ0v) is 31.9. The van der Waals surface area contributed by atoms with Crippen molar-refractivity contribution in [1.29, 1.82) is 0 Å². The molecule has 1 amide bonds. The number of nitrogens with zero attached hydrogens (tertiary/aromatic N) is 4. The molecule has 7 nitrogen and oxygen atoms in total. The number of anilines is 1. The van der Waals surface area contributed by atoms with Gasteiger partial charge in [-0.05, 0) is 82.6 Å². The van der Waals surface area contributed by atoms with E-state index in [9.17, 15) is 14.0 Å². The lowest BCUT2D eigenvalue weighted by atomic mass is 10.0.